The van der Waals surface area contributed by atoms with Crippen LogP contribution in [-0.2, 0) is 19.6 Å². The summed E-state index contributed by atoms with van der Waals surface area (Å²) in [5.74, 6) is 0.240. The molecule has 0 spiro atoms. The molecule has 1 aromatic carbocycles. The predicted octanol–water partition coefficient (Wildman–Crippen LogP) is 4.74. The number of benzene rings is 1. The SMILES string of the molecule is COc1ccccc1Oc1c(NS(=O)(=O)c2ccc(C(C)C)cn2)nc(-c2ccncc2)nc1OC[C@@H]1CCC(=O)O1. The van der Waals surface area contributed by atoms with Crippen molar-refractivity contribution in [3.05, 3.63) is 72.7 Å². The quantitative estimate of drug-likeness (QED) is 0.241. The summed E-state index contributed by atoms with van der Waals surface area (Å²) in [5.41, 5.74) is 1.44. The van der Waals surface area contributed by atoms with E-state index in [-0.39, 0.29) is 59.0 Å². The molecule has 1 N–H and O–H groups in total. The molecule has 4 aromatic rings. The molecule has 13 heteroatoms. The van der Waals surface area contributed by atoms with Crippen LogP contribution in [0.3, 0.4) is 0 Å². The topological polar surface area (TPSA) is 152 Å². The van der Waals surface area contributed by atoms with Crippen LogP contribution in [-0.4, -0.2) is 54.1 Å². The normalized spacial score (nSPS) is 14.9. The first-order valence-electron chi connectivity index (χ1n) is 13.2. The summed E-state index contributed by atoms with van der Waals surface area (Å²) in [6.45, 7) is 3.94. The van der Waals surface area contributed by atoms with E-state index < -0.39 is 16.1 Å². The first-order chi connectivity index (χ1) is 20.2. The maximum Gasteiger partial charge on any atom is 0.306 e. The summed E-state index contributed by atoms with van der Waals surface area (Å²) in [4.78, 5) is 28.9. The monoisotopic (exact) mass is 591 g/mol. The molecule has 5 rings (SSSR count). The fourth-order valence-corrected chi connectivity index (χ4v) is 5.01. The van der Waals surface area contributed by atoms with Crippen LogP contribution in [0.2, 0.25) is 0 Å². The molecule has 0 bridgehead atoms. The van der Waals surface area contributed by atoms with Crippen molar-refractivity contribution in [1.82, 2.24) is 19.9 Å². The number of cyclic esters (lactones) is 1. The van der Waals surface area contributed by atoms with Crippen LogP contribution >= 0.6 is 0 Å². The van der Waals surface area contributed by atoms with Crippen LogP contribution in [0.15, 0.2) is 72.1 Å². The number of hydrogen-bond acceptors (Lipinski definition) is 11. The number of pyridine rings is 2. The molecule has 1 fully saturated rings. The van der Waals surface area contributed by atoms with Gasteiger partial charge >= 0.3 is 5.97 Å². The number of hydrogen-bond donors (Lipinski definition) is 1. The second-order valence-corrected chi connectivity index (χ2v) is 11.3. The summed E-state index contributed by atoms with van der Waals surface area (Å²) in [5, 5.41) is -0.209. The molecule has 12 nitrogen and oxygen atoms in total. The Morgan fingerprint density at radius 1 is 1.05 bits per heavy atom. The summed E-state index contributed by atoms with van der Waals surface area (Å²) in [6.07, 6.45) is 4.88. The van der Waals surface area contributed by atoms with E-state index in [2.05, 4.69) is 24.7 Å². The Labute approximate surface area is 243 Å². The van der Waals surface area contributed by atoms with Crippen molar-refractivity contribution in [3.8, 4) is 34.5 Å². The van der Waals surface area contributed by atoms with E-state index in [1.165, 1.54) is 19.4 Å². The number of methoxy groups -OCH3 is 1. The highest BCUT2D eigenvalue weighted by molar-refractivity contribution is 7.92. The van der Waals surface area contributed by atoms with E-state index in [0.29, 0.717) is 17.7 Å². The first kappa shape index (κ1) is 28.7. The Kier molecular flexibility index (Phi) is 8.48. The zero-order valence-electron chi connectivity index (χ0n) is 23.2. The molecule has 4 heterocycles. The predicted molar refractivity (Wildman–Crippen MR) is 152 cm³/mol. The van der Waals surface area contributed by atoms with Crippen molar-refractivity contribution in [3.63, 3.8) is 0 Å². The van der Waals surface area contributed by atoms with Gasteiger partial charge in [0.05, 0.1) is 7.11 Å². The molecule has 0 amide bonds. The van der Waals surface area contributed by atoms with Gasteiger partial charge in [0.1, 0.15) is 12.7 Å². The second kappa shape index (κ2) is 12.4. The van der Waals surface area contributed by atoms with Crippen LogP contribution in [0, 0.1) is 0 Å². The Balaban J connectivity index is 1.61. The van der Waals surface area contributed by atoms with Gasteiger partial charge in [-0.2, -0.15) is 13.4 Å². The maximum atomic E-state index is 13.6. The molecule has 1 aliphatic rings. The number of nitrogens with one attached hydrogen (secondary N) is 1. The molecule has 3 aromatic heterocycles. The third-order valence-electron chi connectivity index (χ3n) is 6.36. The highest BCUT2D eigenvalue weighted by Crippen LogP contribution is 2.41. The number of carbonyl (C=O) groups is 1. The summed E-state index contributed by atoms with van der Waals surface area (Å²) in [7, 11) is -2.76. The van der Waals surface area contributed by atoms with E-state index in [4.69, 9.17) is 18.9 Å². The summed E-state index contributed by atoms with van der Waals surface area (Å²) < 4.78 is 52.5. The van der Waals surface area contributed by atoms with Gasteiger partial charge in [-0.15, -0.1) is 0 Å². The maximum absolute atomic E-state index is 13.6. The van der Waals surface area contributed by atoms with Gasteiger partial charge in [-0.1, -0.05) is 32.0 Å². The lowest BCUT2D eigenvalue weighted by molar-refractivity contribution is -0.142. The Hall–Kier alpha value is -4.78. The minimum atomic E-state index is -4.24. The molecule has 0 unspecified atom stereocenters. The fourth-order valence-electron chi connectivity index (χ4n) is 4.08. The number of esters is 1. The standard InChI is InChI=1S/C29H29N5O7S/c1-18(2)20-8-10-24(31-16-20)42(36,37)34-28-26(41-23-7-5-4-6-22(23)38-3)29(39-17-21-9-11-25(35)40-21)33-27(32-28)19-12-14-30-15-13-19/h4-8,10,12-16,18,21H,9,11,17H2,1-3H3,(H,32,33,34)/t21-/m0/s1. The molecule has 0 aliphatic carbocycles. The molecule has 218 valence electrons. The van der Waals surface area contributed by atoms with Gasteiger partial charge in [0.2, 0.25) is 5.75 Å². The average Bonchev–Trinajstić information content (AvgIpc) is 3.42. The summed E-state index contributed by atoms with van der Waals surface area (Å²) >= 11 is 0. The molecular formula is C29H29N5O7S. The molecule has 1 aliphatic heterocycles. The minimum absolute atomic E-state index is 0.0365. The first-order valence-corrected chi connectivity index (χ1v) is 14.7. The molecule has 42 heavy (non-hydrogen) atoms. The number of ether oxygens (including phenoxy) is 4. The van der Waals surface area contributed by atoms with Crippen molar-refractivity contribution in [2.45, 2.75) is 43.7 Å². The van der Waals surface area contributed by atoms with Gasteiger partial charge in [-0.3, -0.25) is 14.5 Å². The number of rotatable bonds is 11. The van der Waals surface area contributed by atoms with Crippen molar-refractivity contribution < 1.29 is 32.2 Å². The van der Waals surface area contributed by atoms with E-state index in [1.807, 2.05) is 13.8 Å². The molecule has 1 atom stereocenters. The van der Waals surface area contributed by atoms with Crippen molar-refractivity contribution in [2.75, 3.05) is 18.4 Å². The van der Waals surface area contributed by atoms with E-state index in [0.717, 1.165) is 5.56 Å². The van der Waals surface area contributed by atoms with Crippen molar-refractivity contribution in [2.24, 2.45) is 0 Å². The lowest BCUT2D eigenvalue weighted by Crippen LogP contribution is -2.20. The second-order valence-electron chi connectivity index (χ2n) is 9.67. The third kappa shape index (κ3) is 6.57. The number of sulfonamides is 1. The zero-order chi connectivity index (χ0) is 29.7. The number of nitrogens with zero attached hydrogens (tertiary/aromatic N) is 4. The van der Waals surface area contributed by atoms with Gasteiger partial charge < -0.3 is 18.9 Å². The number of para-hydroxylation sites is 2. The van der Waals surface area contributed by atoms with Crippen LogP contribution < -0.4 is 18.9 Å². The van der Waals surface area contributed by atoms with Crippen molar-refractivity contribution >= 4 is 21.8 Å². The van der Waals surface area contributed by atoms with Crippen LogP contribution in [0.25, 0.3) is 11.4 Å². The van der Waals surface area contributed by atoms with Gasteiger partial charge in [-0.05, 0) is 48.2 Å². The molecule has 0 radical (unpaired) electrons. The van der Waals surface area contributed by atoms with Gasteiger partial charge in [-0.25, -0.2) is 9.97 Å². The van der Waals surface area contributed by atoms with Crippen LogP contribution in [0.4, 0.5) is 5.82 Å². The zero-order valence-corrected chi connectivity index (χ0v) is 24.0. The number of aromatic nitrogens is 4. The fraction of sp³-hybridized carbons (Fsp3) is 0.276. The minimum Gasteiger partial charge on any atom is -0.493 e. The van der Waals surface area contributed by atoms with Crippen LogP contribution in [0.1, 0.15) is 38.2 Å². The van der Waals surface area contributed by atoms with E-state index in [9.17, 15) is 13.2 Å². The van der Waals surface area contributed by atoms with E-state index >= 15 is 0 Å². The molecule has 0 saturated carbocycles. The lowest BCUT2D eigenvalue weighted by atomic mass is 10.1. The number of carbonyl (C=O) groups excluding carboxylic acids is 1. The van der Waals surface area contributed by atoms with Gasteiger partial charge in [0.15, 0.2) is 28.2 Å². The largest absolute Gasteiger partial charge is 0.493 e. The van der Waals surface area contributed by atoms with Gasteiger partial charge in [0, 0.05) is 30.6 Å². The Morgan fingerprint density at radius 2 is 1.81 bits per heavy atom. The van der Waals surface area contributed by atoms with E-state index in [1.54, 1.807) is 54.9 Å². The van der Waals surface area contributed by atoms with Crippen LogP contribution in [0.5, 0.6) is 23.1 Å². The Bertz CT molecular complexity index is 1670. The molecule has 1 saturated heterocycles. The highest BCUT2D eigenvalue weighted by Gasteiger charge is 2.28. The lowest BCUT2D eigenvalue weighted by Gasteiger charge is -2.19. The van der Waals surface area contributed by atoms with Crippen molar-refractivity contribution in [1.29, 1.82) is 0 Å². The number of anilines is 1. The third-order valence-corrected chi connectivity index (χ3v) is 7.62. The van der Waals surface area contributed by atoms with Gasteiger partial charge in [0.25, 0.3) is 15.9 Å². The summed E-state index contributed by atoms with van der Waals surface area (Å²) in [6, 6.07) is 13.3. The highest BCUT2D eigenvalue weighted by atomic mass is 32.2. The smallest absolute Gasteiger partial charge is 0.306 e. The molecular weight excluding hydrogens is 562 g/mol. The Morgan fingerprint density at radius 3 is 2.45 bits per heavy atom. The average molecular weight is 592 g/mol.